The van der Waals surface area contributed by atoms with Crippen molar-refractivity contribution in [2.24, 2.45) is 0 Å². The Morgan fingerprint density at radius 1 is 1.25 bits per heavy atom. The fourth-order valence-electron chi connectivity index (χ4n) is 1.62. The van der Waals surface area contributed by atoms with Crippen LogP contribution in [0.4, 0.5) is 5.95 Å². The summed E-state index contributed by atoms with van der Waals surface area (Å²) in [4.78, 5) is 30.5. The Labute approximate surface area is 119 Å². The quantitative estimate of drug-likeness (QED) is 0.841. The van der Waals surface area contributed by atoms with E-state index in [1.807, 2.05) is 0 Å². The van der Waals surface area contributed by atoms with Gasteiger partial charge in [0, 0.05) is 6.20 Å². The average molecular weight is 292 g/mol. The lowest BCUT2D eigenvalue weighted by Gasteiger charge is -2.06. The van der Waals surface area contributed by atoms with Crippen molar-refractivity contribution in [3.05, 3.63) is 52.8 Å². The highest BCUT2D eigenvalue weighted by molar-refractivity contribution is 6.29. The number of carboxylic acid groups (broad SMARTS) is 1. The SMILES string of the molecule is O=C(Cc1ccccc1C(=O)O)Nc1nccc(Cl)n1. The molecular formula is C13H10ClN3O3. The predicted molar refractivity (Wildman–Crippen MR) is 72.8 cm³/mol. The van der Waals surface area contributed by atoms with Crippen molar-refractivity contribution in [1.29, 1.82) is 0 Å². The van der Waals surface area contributed by atoms with E-state index in [-0.39, 0.29) is 23.1 Å². The van der Waals surface area contributed by atoms with Gasteiger partial charge in [-0.25, -0.2) is 14.8 Å². The summed E-state index contributed by atoms with van der Waals surface area (Å²) in [6, 6.07) is 7.79. The van der Waals surface area contributed by atoms with Crippen LogP contribution in [0.15, 0.2) is 36.5 Å². The highest BCUT2D eigenvalue weighted by Gasteiger charge is 2.13. The van der Waals surface area contributed by atoms with Gasteiger partial charge in [0.25, 0.3) is 0 Å². The molecule has 20 heavy (non-hydrogen) atoms. The number of amides is 1. The molecule has 102 valence electrons. The molecule has 0 aliphatic heterocycles. The maximum Gasteiger partial charge on any atom is 0.335 e. The van der Waals surface area contributed by atoms with Crippen LogP contribution in [-0.2, 0) is 11.2 Å². The second kappa shape index (κ2) is 6.12. The minimum absolute atomic E-state index is 0.0790. The molecular weight excluding hydrogens is 282 g/mol. The highest BCUT2D eigenvalue weighted by atomic mass is 35.5. The molecule has 6 nitrogen and oxygen atoms in total. The molecule has 7 heteroatoms. The van der Waals surface area contributed by atoms with Crippen LogP contribution in [0.3, 0.4) is 0 Å². The molecule has 0 aliphatic carbocycles. The zero-order valence-corrected chi connectivity index (χ0v) is 11.0. The van der Waals surface area contributed by atoms with E-state index < -0.39 is 11.9 Å². The average Bonchev–Trinajstić information content (AvgIpc) is 2.38. The summed E-state index contributed by atoms with van der Waals surface area (Å²) in [5.74, 6) is -1.41. The third-order valence-corrected chi connectivity index (χ3v) is 2.68. The minimum atomic E-state index is -1.08. The van der Waals surface area contributed by atoms with Crippen LogP contribution in [0, 0.1) is 0 Å². The number of aromatic carboxylic acids is 1. The lowest BCUT2D eigenvalue weighted by atomic mass is 10.0. The number of carbonyl (C=O) groups is 2. The molecule has 1 aromatic heterocycles. The van der Waals surface area contributed by atoms with E-state index >= 15 is 0 Å². The Bertz CT molecular complexity index is 661. The fourth-order valence-corrected chi connectivity index (χ4v) is 1.76. The molecule has 0 fully saturated rings. The van der Waals surface area contributed by atoms with Crippen molar-refractivity contribution in [2.75, 3.05) is 5.32 Å². The van der Waals surface area contributed by atoms with E-state index in [1.54, 1.807) is 18.2 Å². The highest BCUT2D eigenvalue weighted by Crippen LogP contribution is 2.11. The Morgan fingerprint density at radius 3 is 2.70 bits per heavy atom. The molecule has 1 amide bonds. The van der Waals surface area contributed by atoms with Crippen LogP contribution in [-0.4, -0.2) is 27.0 Å². The van der Waals surface area contributed by atoms with Crippen molar-refractivity contribution >= 4 is 29.4 Å². The summed E-state index contributed by atoms with van der Waals surface area (Å²) in [7, 11) is 0. The first-order valence-electron chi connectivity index (χ1n) is 5.66. The van der Waals surface area contributed by atoms with Crippen LogP contribution < -0.4 is 5.32 Å². The van der Waals surface area contributed by atoms with Gasteiger partial charge in [0.2, 0.25) is 11.9 Å². The van der Waals surface area contributed by atoms with Gasteiger partial charge in [0.1, 0.15) is 5.15 Å². The topological polar surface area (TPSA) is 92.2 Å². The summed E-state index contributed by atoms with van der Waals surface area (Å²) < 4.78 is 0. The molecule has 1 aromatic carbocycles. The Hall–Kier alpha value is -2.47. The van der Waals surface area contributed by atoms with E-state index in [2.05, 4.69) is 15.3 Å². The van der Waals surface area contributed by atoms with Crippen molar-refractivity contribution in [1.82, 2.24) is 9.97 Å². The van der Waals surface area contributed by atoms with Crippen molar-refractivity contribution < 1.29 is 14.7 Å². The Balaban J connectivity index is 2.11. The zero-order chi connectivity index (χ0) is 14.5. The number of halogens is 1. The molecule has 1 heterocycles. The monoisotopic (exact) mass is 291 g/mol. The minimum Gasteiger partial charge on any atom is -0.478 e. The van der Waals surface area contributed by atoms with E-state index in [1.165, 1.54) is 18.3 Å². The Morgan fingerprint density at radius 2 is 2.00 bits per heavy atom. The molecule has 2 N–H and O–H groups in total. The van der Waals surface area contributed by atoms with Gasteiger partial charge < -0.3 is 5.11 Å². The summed E-state index contributed by atoms with van der Waals surface area (Å²) in [6.45, 7) is 0. The zero-order valence-electron chi connectivity index (χ0n) is 10.2. The summed E-state index contributed by atoms with van der Waals surface area (Å²) in [6.07, 6.45) is 1.33. The second-order valence-electron chi connectivity index (χ2n) is 3.89. The van der Waals surface area contributed by atoms with Gasteiger partial charge in [-0.15, -0.1) is 0 Å². The number of aromatic nitrogens is 2. The van der Waals surface area contributed by atoms with Gasteiger partial charge >= 0.3 is 5.97 Å². The number of carboxylic acids is 1. The lowest BCUT2D eigenvalue weighted by molar-refractivity contribution is -0.115. The lowest BCUT2D eigenvalue weighted by Crippen LogP contribution is -2.18. The first-order valence-corrected chi connectivity index (χ1v) is 6.03. The predicted octanol–water partition coefficient (Wildman–Crippen LogP) is 2.01. The molecule has 0 aliphatic rings. The molecule has 2 rings (SSSR count). The summed E-state index contributed by atoms with van der Waals surface area (Å²) >= 11 is 5.68. The fraction of sp³-hybridized carbons (Fsp3) is 0.0769. The van der Waals surface area contributed by atoms with Crippen LogP contribution in [0.5, 0.6) is 0 Å². The number of hydrogen-bond acceptors (Lipinski definition) is 4. The number of nitrogens with one attached hydrogen (secondary N) is 1. The van der Waals surface area contributed by atoms with Gasteiger partial charge in [-0.2, -0.15) is 0 Å². The van der Waals surface area contributed by atoms with Gasteiger partial charge in [-0.05, 0) is 17.7 Å². The van der Waals surface area contributed by atoms with Gasteiger partial charge in [0.15, 0.2) is 0 Å². The van der Waals surface area contributed by atoms with E-state index in [4.69, 9.17) is 16.7 Å². The van der Waals surface area contributed by atoms with Crippen molar-refractivity contribution in [3.8, 4) is 0 Å². The third kappa shape index (κ3) is 3.52. The summed E-state index contributed by atoms with van der Waals surface area (Å²) in [5, 5.41) is 11.7. The molecule has 0 atom stereocenters. The van der Waals surface area contributed by atoms with Crippen molar-refractivity contribution in [2.45, 2.75) is 6.42 Å². The smallest absolute Gasteiger partial charge is 0.335 e. The van der Waals surface area contributed by atoms with Gasteiger partial charge in [-0.3, -0.25) is 10.1 Å². The van der Waals surface area contributed by atoms with Crippen LogP contribution >= 0.6 is 11.6 Å². The molecule has 0 radical (unpaired) electrons. The largest absolute Gasteiger partial charge is 0.478 e. The van der Waals surface area contributed by atoms with Crippen LogP contribution in [0.25, 0.3) is 0 Å². The standard InChI is InChI=1S/C13H10ClN3O3/c14-10-5-6-15-13(16-10)17-11(18)7-8-3-1-2-4-9(8)12(19)20/h1-6H,7H2,(H,19,20)(H,15,16,17,18). The van der Waals surface area contributed by atoms with E-state index in [9.17, 15) is 9.59 Å². The first kappa shape index (κ1) is 14.0. The van der Waals surface area contributed by atoms with Crippen LogP contribution in [0.1, 0.15) is 15.9 Å². The maximum absolute atomic E-state index is 11.8. The summed E-state index contributed by atoms with van der Waals surface area (Å²) in [5.41, 5.74) is 0.509. The number of rotatable bonds is 4. The first-order chi connectivity index (χ1) is 9.56. The number of carbonyl (C=O) groups excluding carboxylic acids is 1. The molecule has 0 saturated carbocycles. The van der Waals surface area contributed by atoms with Gasteiger partial charge in [0.05, 0.1) is 12.0 Å². The third-order valence-electron chi connectivity index (χ3n) is 2.47. The maximum atomic E-state index is 11.8. The number of hydrogen-bond donors (Lipinski definition) is 2. The molecule has 0 saturated heterocycles. The molecule has 0 spiro atoms. The Kier molecular flexibility index (Phi) is 4.27. The normalized spacial score (nSPS) is 10.1. The van der Waals surface area contributed by atoms with E-state index in [0.29, 0.717) is 5.56 Å². The van der Waals surface area contributed by atoms with Crippen molar-refractivity contribution in [3.63, 3.8) is 0 Å². The number of nitrogens with zero attached hydrogens (tertiary/aromatic N) is 2. The number of anilines is 1. The number of benzene rings is 1. The van der Waals surface area contributed by atoms with Gasteiger partial charge in [-0.1, -0.05) is 29.8 Å². The molecule has 2 aromatic rings. The molecule has 0 unspecified atom stereocenters. The second-order valence-corrected chi connectivity index (χ2v) is 4.28. The molecule has 0 bridgehead atoms. The van der Waals surface area contributed by atoms with Crippen LogP contribution in [0.2, 0.25) is 5.15 Å². The van der Waals surface area contributed by atoms with E-state index in [0.717, 1.165) is 0 Å².